The zero-order valence-corrected chi connectivity index (χ0v) is 35.8. The number of aromatic nitrogens is 2. The standard InChI is InChI=1S/C20H22ClFN4O2.C12H13ClFNO4S.C9H13N3O/c21-16-3-1-14(11-17(16)22)13-26-6-5-18(20(26)28)24-7-9-25(10-8-24)19-4-2-15(27)12-23-19;1-20(17,18)19-11-4-5-15(12(11)16)7-8-2-3-9(13)10(14)6-8;13-8-1-2-9(11-7-8)12-5-3-10-4-6-12/h1-4,11-12,18,27H,5-10,13H2;2-3,6,11H,4-5,7H2,1H3;1-2,7,10,13H,3-6H2/t;11-;/m.0./s1. The van der Waals surface area contributed by atoms with Gasteiger partial charge in [-0.2, -0.15) is 8.42 Å². The second-order valence-corrected chi connectivity index (χ2v) is 17.3. The summed E-state index contributed by atoms with van der Waals surface area (Å²) in [5, 5.41) is 21.8. The van der Waals surface area contributed by atoms with Crippen molar-refractivity contribution in [2.24, 2.45) is 0 Å². The van der Waals surface area contributed by atoms with Gasteiger partial charge in [0.1, 0.15) is 34.8 Å². The van der Waals surface area contributed by atoms with Crippen molar-refractivity contribution in [3.8, 4) is 11.5 Å². The minimum atomic E-state index is -3.67. The van der Waals surface area contributed by atoms with Crippen LogP contribution >= 0.6 is 23.2 Å². The Morgan fingerprint density at radius 2 is 1.20 bits per heavy atom. The number of pyridine rings is 2. The summed E-state index contributed by atoms with van der Waals surface area (Å²) in [7, 11) is -3.67. The summed E-state index contributed by atoms with van der Waals surface area (Å²) in [6, 6.07) is 15.8. The molecule has 4 aromatic rings. The number of piperazine rings is 2. The van der Waals surface area contributed by atoms with Gasteiger partial charge >= 0.3 is 0 Å². The lowest BCUT2D eigenvalue weighted by Gasteiger charge is -2.37. The molecule has 61 heavy (non-hydrogen) atoms. The number of anilines is 2. The van der Waals surface area contributed by atoms with Crippen LogP contribution in [0.4, 0.5) is 20.4 Å². The van der Waals surface area contributed by atoms with Gasteiger partial charge in [0.2, 0.25) is 5.91 Å². The van der Waals surface area contributed by atoms with Crippen molar-refractivity contribution in [1.82, 2.24) is 30.0 Å². The smallest absolute Gasteiger partial charge is 0.265 e. The summed E-state index contributed by atoms with van der Waals surface area (Å²) in [5.74, 6) is 0.831. The fraction of sp³-hybridized carbons (Fsp3) is 0.415. The third kappa shape index (κ3) is 12.8. The third-order valence-electron chi connectivity index (χ3n) is 10.5. The molecule has 0 saturated carbocycles. The summed E-state index contributed by atoms with van der Waals surface area (Å²) < 4.78 is 53.7. The molecule has 4 saturated heterocycles. The first kappa shape index (κ1) is 45.7. The summed E-state index contributed by atoms with van der Waals surface area (Å²) >= 11 is 11.3. The molecular formula is C41H48Cl2F2N8O7S. The maximum absolute atomic E-state index is 13.6. The van der Waals surface area contributed by atoms with E-state index in [-0.39, 0.29) is 40.0 Å². The fourth-order valence-corrected chi connectivity index (χ4v) is 8.23. The van der Waals surface area contributed by atoms with Crippen LogP contribution in [0.3, 0.4) is 0 Å². The first-order chi connectivity index (χ1) is 29.1. The second kappa shape index (κ2) is 20.8. The number of nitrogens with one attached hydrogen (secondary N) is 1. The molecule has 20 heteroatoms. The predicted molar refractivity (Wildman–Crippen MR) is 227 cm³/mol. The molecule has 3 N–H and O–H groups in total. The predicted octanol–water partition coefficient (Wildman–Crippen LogP) is 4.26. The first-order valence-electron chi connectivity index (χ1n) is 19.7. The number of aromatic hydroxyl groups is 2. The van der Waals surface area contributed by atoms with Crippen molar-refractivity contribution >= 4 is 56.8 Å². The van der Waals surface area contributed by atoms with E-state index < -0.39 is 33.8 Å². The van der Waals surface area contributed by atoms with E-state index in [1.807, 2.05) is 6.07 Å². The van der Waals surface area contributed by atoms with Crippen LogP contribution in [0.25, 0.3) is 0 Å². The third-order valence-corrected chi connectivity index (χ3v) is 11.7. The average Bonchev–Trinajstić information content (AvgIpc) is 3.77. The van der Waals surface area contributed by atoms with E-state index in [0.29, 0.717) is 31.6 Å². The normalized spacial score (nSPS) is 19.7. The van der Waals surface area contributed by atoms with Gasteiger partial charge in [-0.15, -0.1) is 0 Å². The lowest BCUT2D eigenvalue weighted by Crippen LogP contribution is -2.52. The minimum Gasteiger partial charge on any atom is -0.506 e. The highest BCUT2D eigenvalue weighted by Gasteiger charge is 2.37. The van der Waals surface area contributed by atoms with Crippen molar-refractivity contribution < 1.29 is 41.2 Å². The number of nitrogens with zero attached hydrogens (tertiary/aromatic N) is 7. The number of rotatable bonds is 9. The number of benzene rings is 2. The van der Waals surface area contributed by atoms with E-state index in [1.165, 1.54) is 41.6 Å². The highest BCUT2D eigenvalue weighted by molar-refractivity contribution is 7.86. The van der Waals surface area contributed by atoms with Gasteiger partial charge in [0.15, 0.2) is 6.10 Å². The average molecular weight is 906 g/mol. The van der Waals surface area contributed by atoms with E-state index in [0.717, 1.165) is 82.2 Å². The van der Waals surface area contributed by atoms with Gasteiger partial charge in [0, 0.05) is 85.0 Å². The first-order valence-corrected chi connectivity index (χ1v) is 22.3. The molecule has 0 spiro atoms. The molecule has 8 rings (SSSR count). The molecule has 0 radical (unpaired) electrons. The number of hydrogen-bond acceptors (Lipinski definition) is 13. The van der Waals surface area contributed by atoms with Crippen molar-refractivity contribution in [3.05, 3.63) is 106 Å². The Balaban J connectivity index is 0.000000164. The molecule has 4 aliphatic heterocycles. The van der Waals surface area contributed by atoms with Crippen LogP contribution in [-0.2, 0) is 37.0 Å². The van der Waals surface area contributed by atoms with Crippen LogP contribution in [0.2, 0.25) is 10.0 Å². The van der Waals surface area contributed by atoms with Crippen molar-refractivity contribution in [2.45, 2.75) is 38.1 Å². The molecule has 328 valence electrons. The van der Waals surface area contributed by atoms with Gasteiger partial charge in [-0.1, -0.05) is 35.3 Å². The van der Waals surface area contributed by atoms with Gasteiger partial charge in [-0.3, -0.25) is 18.7 Å². The highest BCUT2D eigenvalue weighted by Crippen LogP contribution is 2.25. The molecule has 4 fully saturated rings. The second-order valence-electron chi connectivity index (χ2n) is 14.9. The topological polar surface area (TPSA) is 172 Å². The molecule has 4 aliphatic rings. The van der Waals surface area contributed by atoms with Crippen LogP contribution in [0.15, 0.2) is 73.1 Å². The molecule has 2 aromatic carbocycles. The Morgan fingerprint density at radius 3 is 1.67 bits per heavy atom. The van der Waals surface area contributed by atoms with Crippen LogP contribution in [0, 0.1) is 11.6 Å². The molecule has 6 heterocycles. The van der Waals surface area contributed by atoms with Gasteiger partial charge in [-0.25, -0.2) is 18.7 Å². The quantitative estimate of drug-likeness (QED) is 0.204. The summed E-state index contributed by atoms with van der Waals surface area (Å²) in [5.41, 5.74) is 1.33. The van der Waals surface area contributed by atoms with E-state index in [1.54, 1.807) is 35.2 Å². The number of likely N-dealkylation sites (tertiary alicyclic amines) is 2. The lowest BCUT2D eigenvalue weighted by molar-refractivity contribution is -0.134. The molecule has 2 amide bonds. The van der Waals surface area contributed by atoms with E-state index in [4.69, 9.17) is 32.5 Å². The summed E-state index contributed by atoms with van der Waals surface area (Å²) in [6.07, 6.45) is 3.92. The zero-order chi connectivity index (χ0) is 43.7. The number of amides is 2. The molecule has 2 aromatic heterocycles. The largest absolute Gasteiger partial charge is 0.506 e. The number of carbonyl (C=O) groups is 2. The Morgan fingerprint density at radius 1 is 0.705 bits per heavy atom. The molecule has 1 unspecified atom stereocenters. The van der Waals surface area contributed by atoms with Crippen LogP contribution in [0.1, 0.15) is 24.0 Å². The van der Waals surface area contributed by atoms with E-state index in [9.17, 15) is 31.9 Å². The van der Waals surface area contributed by atoms with Crippen molar-refractivity contribution in [3.63, 3.8) is 0 Å². The Bertz CT molecular complexity index is 2230. The summed E-state index contributed by atoms with van der Waals surface area (Å²) in [6.45, 7) is 8.73. The van der Waals surface area contributed by atoms with Gasteiger partial charge < -0.3 is 35.1 Å². The number of hydrogen-bond donors (Lipinski definition) is 3. The Kier molecular flexibility index (Phi) is 15.6. The van der Waals surface area contributed by atoms with Crippen molar-refractivity contribution in [2.75, 3.05) is 81.5 Å². The number of halogens is 4. The lowest BCUT2D eigenvalue weighted by atomic mass is 10.1. The maximum Gasteiger partial charge on any atom is 0.265 e. The van der Waals surface area contributed by atoms with Crippen LogP contribution in [0.5, 0.6) is 11.5 Å². The summed E-state index contributed by atoms with van der Waals surface area (Å²) in [4.78, 5) is 43.0. The SMILES string of the molecule is CS(=O)(=O)O[C@H]1CCN(Cc2ccc(Cl)c(F)c2)C1=O.O=C1C(N2CCN(c3ccc(O)cn3)CC2)CCN1Cc1ccc(Cl)c(F)c1.Oc1ccc(N2CCNCC2)nc1. The molecule has 0 bridgehead atoms. The Hall–Kier alpha value is -4.85. The van der Waals surface area contributed by atoms with Gasteiger partial charge in [0.05, 0.1) is 34.7 Å². The highest BCUT2D eigenvalue weighted by atomic mass is 35.5. The van der Waals surface area contributed by atoms with Gasteiger partial charge in [0.25, 0.3) is 16.0 Å². The maximum atomic E-state index is 13.6. The molecule has 2 atom stereocenters. The van der Waals surface area contributed by atoms with Gasteiger partial charge in [-0.05, 0) is 66.1 Å². The van der Waals surface area contributed by atoms with Crippen LogP contribution in [-0.4, -0.2) is 139 Å². The Labute approximate surface area is 363 Å². The van der Waals surface area contributed by atoms with Crippen molar-refractivity contribution in [1.29, 1.82) is 0 Å². The molecular weight excluding hydrogens is 857 g/mol. The minimum absolute atomic E-state index is 0.0137. The van der Waals surface area contributed by atoms with E-state index in [2.05, 4.69) is 30.0 Å². The zero-order valence-electron chi connectivity index (χ0n) is 33.5. The van der Waals surface area contributed by atoms with E-state index >= 15 is 0 Å². The fourth-order valence-electron chi connectivity index (χ4n) is 7.39. The molecule has 15 nitrogen and oxygen atoms in total. The number of carbonyl (C=O) groups excluding carboxylic acids is 2. The molecule has 0 aliphatic carbocycles. The van der Waals surface area contributed by atoms with Crippen LogP contribution < -0.4 is 15.1 Å². The monoisotopic (exact) mass is 904 g/mol.